The molecule has 0 bridgehead atoms. The van der Waals surface area contributed by atoms with Gasteiger partial charge in [-0.05, 0) is 57.5 Å². The lowest BCUT2D eigenvalue weighted by Gasteiger charge is -2.19. The van der Waals surface area contributed by atoms with Crippen LogP contribution in [0.25, 0.3) is 0 Å². The molecule has 0 saturated heterocycles. The summed E-state index contributed by atoms with van der Waals surface area (Å²) in [5.74, 6) is -0.539. The van der Waals surface area contributed by atoms with Crippen LogP contribution in [-0.4, -0.2) is 35.6 Å². The number of benzene rings is 2. The minimum absolute atomic E-state index is 0.0237. The lowest BCUT2D eigenvalue weighted by Crippen LogP contribution is -2.33. The van der Waals surface area contributed by atoms with E-state index in [9.17, 15) is 19.7 Å². The number of nitrogens with zero attached hydrogens (tertiary/aromatic N) is 1. The molecule has 31 heavy (non-hydrogen) atoms. The van der Waals surface area contributed by atoms with Crippen LogP contribution in [0, 0.1) is 10.1 Å². The normalized spacial score (nSPS) is 10.8. The van der Waals surface area contributed by atoms with E-state index in [1.54, 1.807) is 45.0 Å². The molecule has 0 spiro atoms. The molecule has 0 atom stereocenters. The summed E-state index contributed by atoms with van der Waals surface area (Å²) in [5, 5.41) is 19.6. The minimum atomic E-state index is -0.587. The average molecular weight is 449 g/mol. The number of nitro groups is 1. The highest BCUT2D eigenvalue weighted by Crippen LogP contribution is 2.23. The Morgan fingerprint density at radius 3 is 2.32 bits per heavy atom. The van der Waals surface area contributed by atoms with E-state index in [1.807, 2.05) is 0 Å². The predicted octanol–water partition coefficient (Wildman–Crippen LogP) is 4.83. The van der Waals surface area contributed by atoms with Crippen molar-refractivity contribution in [1.29, 1.82) is 0 Å². The summed E-state index contributed by atoms with van der Waals surface area (Å²) < 4.78 is 5.16. The molecule has 2 rings (SSSR count). The molecule has 0 aliphatic rings. The molecule has 0 radical (unpaired) electrons. The lowest BCUT2D eigenvalue weighted by molar-refractivity contribution is -0.384. The molecule has 0 heterocycles. The second kappa shape index (κ2) is 10.6. The summed E-state index contributed by atoms with van der Waals surface area (Å²) in [6.07, 6.45) is 0.250. The van der Waals surface area contributed by atoms with Crippen molar-refractivity contribution in [1.82, 2.24) is 5.32 Å². The van der Waals surface area contributed by atoms with Gasteiger partial charge in [-0.3, -0.25) is 14.9 Å². The number of nitrogens with one attached hydrogen (secondary N) is 3. The van der Waals surface area contributed by atoms with E-state index in [0.29, 0.717) is 25.2 Å². The van der Waals surface area contributed by atoms with Gasteiger partial charge in [-0.2, -0.15) is 0 Å². The third-order valence-corrected chi connectivity index (χ3v) is 4.23. The average Bonchev–Trinajstić information content (AvgIpc) is 2.67. The van der Waals surface area contributed by atoms with E-state index in [1.165, 1.54) is 12.1 Å². The monoisotopic (exact) mass is 448 g/mol. The fraction of sp³-hybridized carbons (Fsp3) is 0.333. The van der Waals surface area contributed by atoms with Crippen molar-refractivity contribution in [2.45, 2.75) is 32.8 Å². The predicted molar refractivity (Wildman–Crippen MR) is 120 cm³/mol. The molecule has 3 N–H and O–H groups in total. The van der Waals surface area contributed by atoms with E-state index in [4.69, 9.17) is 16.3 Å². The maximum absolute atomic E-state index is 12.4. The van der Waals surface area contributed by atoms with Gasteiger partial charge in [0.1, 0.15) is 5.60 Å². The number of amides is 2. The van der Waals surface area contributed by atoms with Gasteiger partial charge in [0, 0.05) is 36.6 Å². The molecule has 0 fully saturated rings. The molecule has 0 aromatic heterocycles. The minimum Gasteiger partial charge on any atom is -0.444 e. The zero-order valence-corrected chi connectivity index (χ0v) is 18.3. The van der Waals surface area contributed by atoms with Crippen LogP contribution >= 0.6 is 11.6 Å². The molecule has 9 nitrogen and oxygen atoms in total. The number of alkyl carbamates (subject to hydrolysis) is 1. The van der Waals surface area contributed by atoms with E-state index in [0.717, 1.165) is 11.8 Å². The highest BCUT2D eigenvalue weighted by Gasteiger charge is 2.16. The summed E-state index contributed by atoms with van der Waals surface area (Å²) in [6.45, 7) is 6.51. The summed E-state index contributed by atoms with van der Waals surface area (Å²) in [7, 11) is 0. The van der Waals surface area contributed by atoms with Gasteiger partial charge in [-0.1, -0.05) is 11.6 Å². The first-order valence-electron chi connectivity index (χ1n) is 9.61. The van der Waals surface area contributed by atoms with E-state index in [2.05, 4.69) is 16.0 Å². The summed E-state index contributed by atoms with van der Waals surface area (Å²) in [5.41, 5.74) is 0.638. The van der Waals surface area contributed by atoms with Crippen molar-refractivity contribution in [3.05, 3.63) is 63.2 Å². The second-order valence-electron chi connectivity index (χ2n) is 7.66. The highest BCUT2D eigenvalue weighted by atomic mass is 35.5. The number of hydrogen-bond donors (Lipinski definition) is 3. The van der Waals surface area contributed by atoms with Crippen molar-refractivity contribution in [3.8, 4) is 0 Å². The van der Waals surface area contributed by atoms with Crippen LogP contribution in [0.4, 0.5) is 21.9 Å². The number of rotatable bonds is 8. The standard InChI is InChI=1S/C21H25ClN4O5/c1-21(2,3)31-20(28)24-12-4-11-23-14-5-7-15(8-6-14)25-19(27)17-13-16(26(29)30)9-10-18(17)22/h5-10,13,23H,4,11-12H2,1-3H3,(H,24,28)(H,25,27). The number of ether oxygens (including phenoxy) is 1. The van der Waals surface area contributed by atoms with Crippen LogP contribution in [0.3, 0.4) is 0 Å². The molecule has 2 aromatic rings. The Morgan fingerprint density at radius 1 is 1.06 bits per heavy atom. The Hall–Kier alpha value is -3.33. The van der Waals surface area contributed by atoms with Crippen LogP contribution in [0.5, 0.6) is 0 Å². The van der Waals surface area contributed by atoms with Crippen LogP contribution in [0.2, 0.25) is 5.02 Å². The number of hydrogen-bond acceptors (Lipinski definition) is 6. The Bertz CT molecular complexity index is 942. The van der Waals surface area contributed by atoms with Gasteiger partial charge in [-0.15, -0.1) is 0 Å². The maximum atomic E-state index is 12.4. The summed E-state index contributed by atoms with van der Waals surface area (Å²) >= 11 is 5.99. The van der Waals surface area contributed by atoms with Crippen molar-refractivity contribution >= 4 is 40.7 Å². The van der Waals surface area contributed by atoms with Crippen molar-refractivity contribution in [2.24, 2.45) is 0 Å². The topological polar surface area (TPSA) is 123 Å². The second-order valence-corrected chi connectivity index (χ2v) is 8.07. The van der Waals surface area contributed by atoms with Crippen LogP contribution in [0.1, 0.15) is 37.6 Å². The zero-order chi connectivity index (χ0) is 23.0. The van der Waals surface area contributed by atoms with Crippen molar-refractivity contribution < 1.29 is 19.2 Å². The molecule has 0 aliphatic carbocycles. The van der Waals surface area contributed by atoms with Crippen LogP contribution in [0.15, 0.2) is 42.5 Å². The number of halogens is 1. The van der Waals surface area contributed by atoms with Crippen LogP contribution < -0.4 is 16.0 Å². The van der Waals surface area contributed by atoms with Crippen molar-refractivity contribution in [2.75, 3.05) is 23.7 Å². The molecule has 0 saturated carbocycles. The van der Waals surface area contributed by atoms with Gasteiger partial charge in [-0.25, -0.2) is 4.79 Å². The molecule has 2 amide bonds. The molecule has 0 unspecified atom stereocenters. The fourth-order valence-corrected chi connectivity index (χ4v) is 2.70. The Kier molecular flexibility index (Phi) is 8.21. The Morgan fingerprint density at radius 2 is 1.71 bits per heavy atom. The number of carbonyl (C=O) groups is 2. The third-order valence-electron chi connectivity index (χ3n) is 3.90. The molecule has 10 heteroatoms. The number of anilines is 2. The molecule has 2 aromatic carbocycles. The first kappa shape index (κ1) is 23.9. The van der Waals surface area contributed by atoms with Gasteiger partial charge < -0.3 is 20.7 Å². The van der Waals surface area contributed by atoms with E-state index < -0.39 is 22.5 Å². The quantitative estimate of drug-likeness (QED) is 0.302. The van der Waals surface area contributed by atoms with Gasteiger partial charge in [0.25, 0.3) is 11.6 Å². The SMILES string of the molecule is CC(C)(C)OC(=O)NCCCNc1ccc(NC(=O)c2cc([N+](=O)[O-])ccc2Cl)cc1. The largest absolute Gasteiger partial charge is 0.444 e. The molecule has 166 valence electrons. The van der Waals surface area contributed by atoms with Crippen molar-refractivity contribution in [3.63, 3.8) is 0 Å². The smallest absolute Gasteiger partial charge is 0.407 e. The first-order valence-corrected chi connectivity index (χ1v) is 9.99. The molecular formula is C21H25ClN4O5. The molecule has 0 aliphatic heterocycles. The number of carbonyl (C=O) groups excluding carboxylic acids is 2. The Labute approximate surface area is 185 Å². The first-order chi connectivity index (χ1) is 14.5. The van der Waals surface area contributed by atoms with Gasteiger partial charge in [0.05, 0.1) is 15.5 Å². The zero-order valence-electron chi connectivity index (χ0n) is 17.5. The summed E-state index contributed by atoms with van der Waals surface area (Å²) in [4.78, 5) is 34.3. The van der Waals surface area contributed by atoms with Crippen LogP contribution in [-0.2, 0) is 4.74 Å². The highest BCUT2D eigenvalue weighted by molar-refractivity contribution is 6.34. The molecular weight excluding hydrogens is 424 g/mol. The Balaban J connectivity index is 1.81. The van der Waals surface area contributed by atoms with Gasteiger partial charge in [0.15, 0.2) is 0 Å². The maximum Gasteiger partial charge on any atom is 0.407 e. The van der Waals surface area contributed by atoms with E-state index in [-0.39, 0.29) is 16.3 Å². The number of non-ortho nitro benzene ring substituents is 1. The van der Waals surface area contributed by atoms with Gasteiger partial charge in [0.2, 0.25) is 0 Å². The van der Waals surface area contributed by atoms with Gasteiger partial charge >= 0.3 is 6.09 Å². The fourth-order valence-electron chi connectivity index (χ4n) is 2.50. The number of nitro benzene ring substituents is 1. The summed E-state index contributed by atoms with van der Waals surface area (Å²) in [6, 6.07) is 10.7. The lowest BCUT2D eigenvalue weighted by atomic mass is 10.1. The van der Waals surface area contributed by atoms with E-state index >= 15 is 0 Å². The third kappa shape index (κ3) is 8.13.